The highest BCUT2D eigenvalue weighted by Gasteiger charge is 2.17. The minimum absolute atomic E-state index is 0.147. The summed E-state index contributed by atoms with van der Waals surface area (Å²) in [5.41, 5.74) is 4.29. The lowest BCUT2D eigenvalue weighted by Gasteiger charge is -2.07. The van der Waals surface area contributed by atoms with E-state index in [0.717, 1.165) is 12.1 Å². The van der Waals surface area contributed by atoms with Gasteiger partial charge in [-0.3, -0.25) is 9.59 Å². The SMILES string of the molecule is CCc1ccc(-n2nnc(C(=O)Nc3ccc(NC(C)=O)cc3)c2C)cc1. The second kappa shape index (κ2) is 7.82. The maximum atomic E-state index is 12.5. The first-order chi connectivity index (χ1) is 13.0. The molecule has 0 bridgehead atoms. The van der Waals surface area contributed by atoms with E-state index in [-0.39, 0.29) is 17.5 Å². The smallest absolute Gasteiger partial charge is 0.278 e. The minimum atomic E-state index is -0.337. The molecule has 0 radical (unpaired) electrons. The minimum Gasteiger partial charge on any atom is -0.326 e. The van der Waals surface area contributed by atoms with E-state index in [9.17, 15) is 9.59 Å². The molecule has 0 aliphatic rings. The zero-order chi connectivity index (χ0) is 19.4. The fourth-order valence-electron chi connectivity index (χ4n) is 2.69. The van der Waals surface area contributed by atoms with Gasteiger partial charge >= 0.3 is 0 Å². The largest absolute Gasteiger partial charge is 0.326 e. The number of hydrogen-bond acceptors (Lipinski definition) is 4. The van der Waals surface area contributed by atoms with E-state index in [2.05, 4.69) is 27.9 Å². The molecule has 7 nitrogen and oxygen atoms in total. The Morgan fingerprint density at radius 2 is 1.56 bits per heavy atom. The molecule has 138 valence electrons. The Morgan fingerprint density at radius 3 is 2.11 bits per heavy atom. The van der Waals surface area contributed by atoms with Crippen molar-refractivity contribution in [3.63, 3.8) is 0 Å². The summed E-state index contributed by atoms with van der Waals surface area (Å²) in [5, 5.41) is 13.6. The topological polar surface area (TPSA) is 88.9 Å². The van der Waals surface area contributed by atoms with Crippen LogP contribution in [0, 0.1) is 6.92 Å². The summed E-state index contributed by atoms with van der Waals surface area (Å²) in [6.07, 6.45) is 0.963. The van der Waals surface area contributed by atoms with Crippen molar-refractivity contribution in [2.45, 2.75) is 27.2 Å². The van der Waals surface area contributed by atoms with Crippen LogP contribution in [-0.2, 0) is 11.2 Å². The quantitative estimate of drug-likeness (QED) is 0.727. The van der Waals surface area contributed by atoms with Crippen LogP contribution in [0.5, 0.6) is 0 Å². The zero-order valence-corrected chi connectivity index (χ0v) is 15.5. The van der Waals surface area contributed by atoms with Crippen molar-refractivity contribution < 1.29 is 9.59 Å². The van der Waals surface area contributed by atoms with Crippen molar-refractivity contribution in [3.8, 4) is 5.69 Å². The third-order valence-corrected chi connectivity index (χ3v) is 4.16. The monoisotopic (exact) mass is 363 g/mol. The first-order valence-electron chi connectivity index (χ1n) is 8.68. The Balaban J connectivity index is 1.75. The molecule has 0 fully saturated rings. The van der Waals surface area contributed by atoms with Crippen molar-refractivity contribution in [3.05, 3.63) is 65.5 Å². The van der Waals surface area contributed by atoms with Gasteiger partial charge in [0, 0.05) is 18.3 Å². The van der Waals surface area contributed by atoms with Gasteiger partial charge in [-0.05, 0) is 55.3 Å². The predicted molar refractivity (Wildman–Crippen MR) is 104 cm³/mol. The third kappa shape index (κ3) is 4.20. The van der Waals surface area contributed by atoms with E-state index in [4.69, 9.17) is 0 Å². The lowest BCUT2D eigenvalue weighted by Crippen LogP contribution is -2.14. The van der Waals surface area contributed by atoms with Crippen LogP contribution in [0.25, 0.3) is 5.69 Å². The van der Waals surface area contributed by atoms with Crippen LogP contribution in [0.2, 0.25) is 0 Å². The van der Waals surface area contributed by atoms with Gasteiger partial charge in [0.05, 0.1) is 11.4 Å². The van der Waals surface area contributed by atoms with E-state index in [1.54, 1.807) is 28.9 Å². The van der Waals surface area contributed by atoms with Gasteiger partial charge in [0.2, 0.25) is 5.91 Å². The zero-order valence-electron chi connectivity index (χ0n) is 15.5. The first kappa shape index (κ1) is 18.3. The van der Waals surface area contributed by atoms with E-state index in [1.807, 2.05) is 31.2 Å². The molecule has 0 spiro atoms. The maximum Gasteiger partial charge on any atom is 0.278 e. The molecule has 3 aromatic rings. The number of nitrogens with one attached hydrogen (secondary N) is 2. The number of hydrogen-bond donors (Lipinski definition) is 2. The summed E-state index contributed by atoms with van der Waals surface area (Å²) in [5.74, 6) is -0.484. The van der Waals surface area contributed by atoms with Gasteiger partial charge in [-0.1, -0.05) is 24.3 Å². The van der Waals surface area contributed by atoms with Crippen LogP contribution in [0.15, 0.2) is 48.5 Å². The van der Waals surface area contributed by atoms with E-state index in [0.29, 0.717) is 17.1 Å². The standard InChI is InChI=1S/C20H21N5O2/c1-4-15-5-11-18(12-6-15)25-13(2)19(23-24-25)20(27)22-17-9-7-16(8-10-17)21-14(3)26/h5-12H,4H2,1-3H3,(H,21,26)(H,22,27). The molecule has 1 aromatic heterocycles. The van der Waals surface area contributed by atoms with Crippen LogP contribution in [0.4, 0.5) is 11.4 Å². The Kier molecular flexibility index (Phi) is 5.30. The highest BCUT2D eigenvalue weighted by atomic mass is 16.2. The fourth-order valence-corrected chi connectivity index (χ4v) is 2.69. The van der Waals surface area contributed by atoms with Gasteiger partial charge in [0.1, 0.15) is 0 Å². The van der Waals surface area contributed by atoms with E-state index < -0.39 is 0 Å². The molecule has 0 saturated heterocycles. The number of amides is 2. The molecule has 2 aromatic carbocycles. The van der Waals surface area contributed by atoms with Gasteiger partial charge in [-0.15, -0.1) is 5.10 Å². The summed E-state index contributed by atoms with van der Waals surface area (Å²) >= 11 is 0. The molecule has 2 N–H and O–H groups in total. The molecule has 1 heterocycles. The number of aromatic nitrogens is 3. The lowest BCUT2D eigenvalue weighted by molar-refractivity contribution is -0.114. The van der Waals surface area contributed by atoms with Gasteiger partial charge in [-0.25, -0.2) is 4.68 Å². The first-order valence-corrected chi connectivity index (χ1v) is 8.68. The molecule has 0 aliphatic carbocycles. The molecule has 27 heavy (non-hydrogen) atoms. The van der Waals surface area contributed by atoms with Crippen molar-refractivity contribution in [2.75, 3.05) is 10.6 Å². The van der Waals surface area contributed by atoms with E-state index >= 15 is 0 Å². The van der Waals surface area contributed by atoms with Gasteiger partial charge in [0.15, 0.2) is 5.69 Å². The summed E-state index contributed by atoms with van der Waals surface area (Å²) < 4.78 is 1.65. The van der Waals surface area contributed by atoms with Crippen molar-refractivity contribution >= 4 is 23.2 Å². The van der Waals surface area contributed by atoms with Crippen LogP contribution in [0.1, 0.15) is 35.6 Å². The summed E-state index contributed by atoms with van der Waals surface area (Å²) in [7, 11) is 0. The Labute approximate surface area is 157 Å². The Hall–Kier alpha value is -3.48. The second-order valence-electron chi connectivity index (χ2n) is 6.17. The van der Waals surface area contributed by atoms with Crippen molar-refractivity contribution in [2.24, 2.45) is 0 Å². The highest BCUT2D eigenvalue weighted by molar-refractivity contribution is 6.03. The Morgan fingerprint density at radius 1 is 0.963 bits per heavy atom. The molecular formula is C20H21N5O2. The summed E-state index contributed by atoms with van der Waals surface area (Å²) in [6, 6.07) is 14.9. The molecule has 0 unspecified atom stereocenters. The molecule has 0 aliphatic heterocycles. The summed E-state index contributed by atoms with van der Waals surface area (Å²) in [6.45, 7) is 5.35. The Bertz CT molecular complexity index is 959. The van der Waals surface area contributed by atoms with Gasteiger partial charge in [-0.2, -0.15) is 0 Å². The van der Waals surface area contributed by atoms with Crippen LogP contribution >= 0.6 is 0 Å². The maximum absolute atomic E-state index is 12.5. The van der Waals surface area contributed by atoms with Crippen molar-refractivity contribution in [1.82, 2.24) is 15.0 Å². The van der Waals surface area contributed by atoms with E-state index in [1.165, 1.54) is 12.5 Å². The normalized spacial score (nSPS) is 10.5. The fraction of sp³-hybridized carbons (Fsp3) is 0.200. The van der Waals surface area contributed by atoms with Crippen LogP contribution in [0.3, 0.4) is 0 Å². The highest BCUT2D eigenvalue weighted by Crippen LogP contribution is 2.17. The van der Waals surface area contributed by atoms with Crippen LogP contribution in [-0.4, -0.2) is 26.8 Å². The predicted octanol–water partition coefficient (Wildman–Crippen LogP) is 3.35. The number of carbonyl (C=O) groups is 2. The molecular weight excluding hydrogens is 342 g/mol. The molecule has 2 amide bonds. The molecule has 3 rings (SSSR count). The number of nitrogens with zero attached hydrogens (tertiary/aromatic N) is 3. The van der Waals surface area contributed by atoms with Gasteiger partial charge < -0.3 is 10.6 Å². The second-order valence-corrected chi connectivity index (χ2v) is 6.17. The number of rotatable bonds is 5. The number of anilines is 2. The number of benzene rings is 2. The molecule has 0 saturated carbocycles. The third-order valence-electron chi connectivity index (χ3n) is 4.16. The number of aryl methyl sites for hydroxylation is 1. The summed E-state index contributed by atoms with van der Waals surface area (Å²) in [4.78, 5) is 23.6. The molecule has 0 atom stereocenters. The molecule has 7 heteroatoms. The number of carbonyl (C=O) groups excluding carboxylic acids is 2. The van der Waals surface area contributed by atoms with Crippen LogP contribution < -0.4 is 10.6 Å². The lowest BCUT2D eigenvalue weighted by atomic mass is 10.1. The average molecular weight is 363 g/mol. The van der Waals surface area contributed by atoms with Gasteiger partial charge in [0.25, 0.3) is 5.91 Å². The average Bonchev–Trinajstić information content (AvgIpc) is 3.04. The van der Waals surface area contributed by atoms with Crippen molar-refractivity contribution in [1.29, 1.82) is 0 Å².